The lowest BCUT2D eigenvalue weighted by molar-refractivity contribution is -0.122. The topological polar surface area (TPSA) is 93.2 Å². The number of fused-ring (bicyclic) bond motifs is 1. The number of carbonyl (C=O) groups excluding carboxylic acids is 2. The molecule has 1 aliphatic rings. The summed E-state index contributed by atoms with van der Waals surface area (Å²) in [6.07, 6.45) is 5.70. The van der Waals surface area contributed by atoms with Crippen LogP contribution in [0.5, 0.6) is 5.75 Å². The number of pyridine rings is 1. The number of nitrogens with zero attached hydrogens (tertiary/aromatic N) is 2. The molecule has 4 rings (SSSR count). The molecule has 8 heteroatoms. The highest BCUT2D eigenvalue weighted by Crippen LogP contribution is 2.27. The number of amides is 2. The minimum Gasteiger partial charge on any atom is -0.494 e. The molecule has 1 unspecified atom stereocenters. The smallest absolute Gasteiger partial charge is 0.224 e. The third-order valence-corrected chi connectivity index (χ3v) is 6.06. The lowest BCUT2D eigenvalue weighted by atomic mass is 10.0. The summed E-state index contributed by atoms with van der Waals surface area (Å²) >= 11 is 1.53. The van der Waals surface area contributed by atoms with Crippen LogP contribution in [0.25, 0.3) is 11.3 Å². The van der Waals surface area contributed by atoms with E-state index in [1.54, 1.807) is 12.4 Å². The summed E-state index contributed by atoms with van der Waals surface area (Å²) in [6.45, 7) is 2.39. The molecule has 0 saturated carbocycles. The number of hydrogen-bond acceptors (Lipinski definition) is 6. The fourth-order valence-electron chi connectivity index (χ4n) is 3.39. The highest BCUT2D eigenvalue weighted by atomic mass is 32.1. The fourth-order valence-corrected chi connectivity index (χ4v) is 4.22. The Morgan fingerprint density at radius 1 is 1.26 bits per heavy atom. The van der Waals surface area contributed by atoms with Gasteiger partial charge in [-0.15, -0.1) is 11.3 Å². The first-order valence-corrected chi connectivity index (χ1v) is 11.2. The Balaban J connectivity index is 1.21. The SMILES string of the molecule is CC(NC(=O)CCCOc1ccc2c(c1)CCC(=O)N2)c1nc(-c2ccncc2)cs1. The summed E-state index contributed by atoms with van der Waals surface area (Å²) in [5.74, 6) is 0.785. The normalized spacial score (nSPS) is 13.8. The van der Waals surface area contributed by atoms with Crippen LogP contribution < -0.4 is 15.4 Å². The van der Waals surface area contributed by atoms with Crippen molar-refractivity contribution in [2.24, 2.45) is 0 Å². The van der Waals surface area contributed by atoms with Gasteiger partial charge in [-0.2, -0.15) is 0 Å². The number of carbonyl (C=O) groups is 2. The van der Waals surface area contributed by atoms with Gasteiger partial charge in [0.05, 0.1) is 18.3 Å². The molecule has 0 bridgehead atoms. The van der Waals surface area contributed by atoms with Crippen molar-refractivity contribution in [1.29, 1.82) is 0 Å². The number of nitrogens with one attached hydrogen (secondary N) is 2. The van der Waals surface area contributed by atoms with Crippen LogP contribution in [-0.2, 0) is 16.0 Å². The van der Waals surface area contributed by atoms with Crippen LogP contribution in [0.4, 0.5) is 5.69 Å². The number of rotatable bonds is 8. The highest BCUT2D eigenvalue weighted by molar-refractivity contribution is 7.10. The van der Waals surface area contributed by atoms with Gasteiger partial charge in [-0.1, -0.05) is 0 Å². The summed E-state index contributed by atoms with van der Waals surface area (Å²) in [7, 11) is 0. The highest BCUT2D eigenvalue weighted by Gasteiger charge is 2.16. The first-order valence-electron chi connectivity index (χ1n) is 10.3. The van der Waals surface area contributed by atoms with Gasteiger partial charge >= 0.3 is 0 Å². The van der Waals surface area contributed by atoms with Crippen molar-refractivity contribution in [3.63, 3.8) is 0 Å². The van der Waals surface area contributed by atoms with Crippen LogP contribution in [-0.4, -0.2) is 28.4 Å². The van der Waals surface area contributed by atoms with Crippen molar-refractivity contribution in [3.8, 4) is 17.0 Å². The van der Waals surface area contributed by atoms with Crippen molar-refractivity contribution in [1.82, 2.24) is 15.3 Å². The predicted octanol–water partition coefficient (Wildman–Crippen LogP) is 4.13. The monoisotopic (exact) mass is 436 g/mol. The van der Waals surface area contributed by atoms with Crippen molar-refractivity contribution >= 4 is 28.8 Å². The lowest BCUT2D eigenvalue weighted by Crippen LogP contribution is -2.26. The Kier molecular flexibility index (Phi) is 6.57. The molecular weight excluding hydrogens is 412 g/mol. The number of anilines is 1. The van der Waals surface area contributed by atoms with Crippen LogP contribution in [0, 0.1) is 0 Å². The van der Waals surface area contributed by atoms with Crippen LogP contribution in [0.1, 0.15) is 42.8 Å². The van der Waals surface area contributed by atoms with Crippen molar-refractivity contribution in [2.45, 2.75) is 38.6 Å². The molecule has 0 radical (unpaired) electrons. The molecule has 2 amide bonds. The predicted molar refractivity (Wildman–Crippen MR) is 120 cm³/mol. The van der Waals surface area contributed by atoms with E-state index in [2.05, 4.69) is 20.6 Å². The Labute approximate surface area is 184 Å². The number of thiazole rings is 1. The van der Waals surface area contributed by atoms with Crippen molar-refractivity contribution in [3.05, 3.63) is 58.7 Å². The molecule has 160 valence electrons. The van der Waals surface area contributed by atoms with Gasteiger partial charge < -0.3 is 15.4 Å². The maximum Gasteiger partial charge on any atom is 0.224 e. The third-order valence-electron chi connectivity index (χ3n) is 5.04. The molecule has 0 saturated heterocycles. The number of aryl methyl sites for hydroxylation is 1. The van der Waals surface area contributed by atoms with Gasteiger partial charge in [-0.3, -0.25) is 14.6 Å². The summed E-state index contributed by atoms with van der Waals surface area (Å²) in [5.41, 5.74) is 3.84. The minimum absolute atomic E-state index is 0.0232. The number of ether oxygens (including phenoxy) is 1. The maximum absolute atomic E-state index is 12.3. The van der Waals surface area contributed by atoms with E-state index in [4.69, 9.17) is 4.74 Å². The Hall–Kier alpha value is -3.26. The quantitative estimate of drug-likeness (QED) is 0.518. The molecule has 3 aromatic rings. The molecular formula is C23H24N4O3S. The summed E-state index contributed by atoms with van der Waals surface area (Å²) in [4.78, 5) is 32.4. The molecule has 0 aliphatic carbocycles. The van der Waals surface area contributed by atoms with Gasteiger partial charge in [0.15, 0.2) is 0 Å². The molecule has 0 spiro atoms. The molecule has 0 fully saturated rings. The van der Waals surface area contributed by atoms with E-state index >= 15 is 0 Å². The average molecular weight is 437 g/mol. The largest absolute Gasteiger partial charge is 0.494 e. The molecule has 31 heavy (non-hydrogen) atoms. The molecule has 3 heterocycles. The zero-order chi connectivity index (χ0) is 21.6. The van der Waals surface area contributed by atoms with E-state index < -0.39 is 0 Å². The third kappa shape index (κ3) is 5.46. The van der Waals surface area contributed by atoms with E-state index in [9.17, 15) is 9.59 Å². The minimum atomic E-state index is -0.148. The molecule has 2 aromatic heterocycles. The van der Waals surface area contributed by atoms with Gasteiger partial charge in [0.2, 0.25) is 11.8 Å². The second kappa shape index (κ2) is 9.70. The summed E-state index contributed by atoms with van der Waals surface area (Å²) in [6, 6.07) is 9.35. The van der Waals surface area contributed by atoms with E-state index in [0.29, 0.717) is 25.9 Å². The summed E-state index contributed by atoms with van der Waals surface area (Å²) < 4.78 is 5.78. The fraction of sp³-hybridized carbons (Fsp3) is 0.304. The average Bonchev–Trinajstić information content (AvgIpc) is 3.28. The summed E-state index contributed by atoms with van der Waals surface area (Å²) in [5, 5.41) is 8.73. The second-order valence-electron chi connectivity index (χ2n) is 7.42. The first-order chi connectivity index (χ1) is 15.1. The zero-order valence-electron chi connectivity index (χ0n) is 17.3. The van der Waals surface area contributed by atoms with Gasteiger partial charge in [-0.25, -0.2) is 4.98 Å². The van der Waals surface area contributed by atoms with E-state index in [1.807, 2.05) is 42.6 Å². The van der Waals surface area contributed by atoms with Gasteiger partial charge in [-0.05, 0) is 55.7 Å². The van der Waals surface area contributed by atoms with E-state index in [-0.39, 0.29) is 17.9 Å². The van der Waals surface area contributed by atoms with Crippen LogP contribution in [0.2, 0.25) is 0 Å². The van der Waals surface area contributed by atoms with E-state index in [1.165, 1.54) is 11.3 Å². The van der Waals surface area contributed by atoms with Crippen LogP contribution in [0.3, 0.4) is 0 Å². The second-order valence-corrected chi connectivity index (χ2v) is 8.30. The molecule has 2 N–H and O–H groups in total. The van der Waals surface area contributed by atoms with Gasteiger partial charge in [0, 0.05) is 41.9 Å². The molecule has 1 aliphatic heterocycles. The van der Waals surface area contributed by atoms with Crippen molar-refractivity contribution < 1.29 is 14.3 Å². The molecule has 7 nitrogen and oxygen atoms in total. The van der Waals surface area contributed by atoms with Gasteiger partial charge in [0.25, 0.3) is 0 Å². The number of hydrogen-bond donors (Lipinski definition) is 2. The molecule has 1 atom stereocenters. The molecule has 1 aromatic carbocycles. The number of benzene rings is 1. The van der Waals surface area contributed by atoms with Crippen LogP contribution >= 0.6 is 11.3 Å². The first kappa shape index (κ1) is 21.0. The lowest BCUT2D eigenvalue weighted by Gasteiger charge is -2.17. The van der Waals surface area contributed by atoms with Crippen LogP contribution in [0.15, 0.2) is 48.1 Å². The van der Waals surface area contributed by atoms with E-state index in [0.717, 1.165) is 39.7 Å². The van der Waals surface area contributed by atoms with Gasteiger partial charge in [0.1, 0.15) is 10.8 Å². The Morgan fingerprint density at radius 3 is 2.94 bits per heavy atom. The van der Waals surface area contributed by atoms with Crippen molar-refractivity contribution in [2.75, 3.05) is 11.9 Å². The maximum atomic E-state index is 12.3. The Bertz CT molecular complexity index is 1070. The number of aromatic nitrogens is 2. The standard InChI is InChI=1S/C23H24N4O3S/c1-15(23-27-20(14-31-23)16-8-10-24-11-9-16)25-21(28)3-2-12-30-18-5-6-19-17(13-18)4-7-22(29)26-19/h5-6,8-11,13-15H,2-4,7,12H2,1H3,(H,25,28)(H,26,29). The Morgan fingerprint density at radius 2 is 2.10 bits per heavy atom. The zero-order valence-corrected chi connectivity index (χ0v) is 18.1.